The van der Waals surface area contributed by atoms with E-state index < -0.39 is 0 Å². The fourth-order valence-electron chi connectivity index (χ4n) is 2.25. The molecule has 1 amide bonds. The molecule has 1 aliphatic rings. The van der Waals surface area contributed by atoms with Crippen molar-refractivity contribution >= 4 is 5.91 Å². The standard InChI is InChI=1S/C13H18N2O3/c1-9(16)10-5-7-15(8-10)13(17)11-4-3-6-14-12(11)18-2/h3-4,6,9-10,16H,5,7-8H2,1-2H3. The van der Waals surface area contributed by atoms with E-state index in [1.54, 1.807) is 30.2 Å². The number of carbonyl (C=O) groups excluding carboxylic acids is 1. The number of amides is 1. The van der Waals surface area contributed by atoms with Crippen molar-refractivity contribution in [3.8, 4) is 5.88 Å². The molecule has 1 aliphatic heterocycles. The molecular formula is C13H18N2O3. The number of carbonyl (C=O) groups is 1. The van der Waals surface area contributed by atoms with Crippen LogP contribution in [0.15, 0.2) is 18.3 Å². The lowest BCUT2D eigenvalue weighted by molar-refractivity contribution is 0.0758. The van der Waals surface area contributed by atoms with Gasteiger partial charge in [-0.05, 0) is 25.5 Å². The van der Waals surface area contributed by atoms with Crippen LogP contribution in [-0.4, -0.2) is 47.2 Å². The van der Waals surface area contributed by atoms with Gasteiger partial charge in [-0.1, -0.05) is 0 Å². The van der Waals surface area contributed by atoms with Crippen molar-refractivity contribution in [2.24, 2.45) is 5.92 Å². The van der Waals surface area contributed by atoms with Gasteiger partial charge in [0.1, 0.15) is 5.56 Å². The fraction of sp³-hybridized carbons (Fsp3) is 0.538. The zero-order valence-electron chi connectivity index (χ0n) is 10.7. The number of hydrogen-bond acceptors (Lipinski definition) is 4. The highest BCUT2D eigenvalue weighted by Gasteiger charge is 2.30. The molecule has 0 aromatic carbocycles. The zero-order valence-corrected chi connectivity index (χ0v) is 10.7. The van der Waals surface area contributed by atoms with Crippen LogP contribution < -0.4 is 4.74 Å². The summed E-state index contributed by atoms with van der Waals surface area (Å²) >= 11 is 0. The summed E-state index contributed by atoms with van der Waals surface area (Å²) in [5.41, 5.74) is 0.478. The molecule has 5 nitrogen and oxygen atoms in total. The molecule has 0 bridgehead atoms. The molecule has 1 fully saturated rings. The summed E-state index contributed by atoms with van der Waals surface area (Å²) in [6, 6.07) is 3.43. The van der Waals surface area contributed by atoms with E-state index in [9.17, 15) is 9.90 Å². The molecule has 1 N–H and O–H groups in total. The van der Waals surface area contributed by atoms with Gasteiger partial charge in [0.2, 0.25) is 5.88 Å². The van der Waals surface area contributed by atoms with Crippen molar-refractivity contribution in [3.05, 3.63) is 23.9 Å². The lowest BCUT2D eigenvalue weighted by Crippen LogP contribution is -2.30. The van der Waals surface area contributed by atoms with Crippen molar-refractivity contribution < 1.29 is 14.6 Å². The minimum Gasteiger partial charge on any atom is -0.480 e. The van der Waals surface area contributed by atoms with Crippen LogP contribution in [0.1, 0.15) is 23.7 Å². The van der Waals surface area contributed by atoms with Gasteiger partial charge in [0, 0.05) is 25.2 Å². The summed E-state index contributed by atoms with van der Waals surface area (Å²) in [5, 5.41) is 9.55. The van der Waals surface area contributed by atoms with E-state index >= 15 is 0 Å². The van der Waals surface area contributed by atoms with Crippen LogP contribution in [0.2, 0.25) is 0 Å². The fourth-order valence-corrected chi connectivity index (χ4v) is 2.25. The molecule has 2 rings (SSSR count). The van der Waals surface area contributed by atoms with Crippen LogP contribution >= 0.6 is 0 Å². The summed E-state index contributed by atoms with van der Waals surface area (Å²) < 4.78 is 5.09. The molecule has 2 heterocycles. The largest absolute Gasteiger partial charge is 0.480 e. The first-order valence-corrected chi connectivity index (χ1v) is 6.10. The number of methoxy groups -OCH3 is 1. The first-order chi connectivity index (χ1) is 8.63. The third-order valence-corrected chi connectivity index (χ3v) is 3.39. The third-order valence-electron chi connectivity index (χ3n) is 3.39. The number of hydrogen-bond donors (Lipinski definition) is 1. The predicted molar refractivity (Wildman–Crippen MR) is 66.5 cm³/mol. The summed E-state index contributed by atoms with van der Waals surface area (Å²) in [6.07, 6.45) is 2.06. The van der Waals surface area contributed by atoms with Crippen LogP contribution in [0.3, 0.4) is 0 Å². The maximum absolute atomic E-state index is 12.3. The molecule has 5 heteroatoms. The Morgan fingerprint density at radius 2 is 2.44 bits per heavy atom. The summed E-state index contributed by atoms with van der Waals surface area (Å²) in [6.45, 7) is 3.03. The average Bonchev–Trinajstić information content (AvgIpc) is 2.87. The van der Waals surface area contributed by atoms with E-state index in [1.165, 1.54) is 7.11 Å². The van der Waals surface area contributed by atoms with E-state index in [0.29, 0.717) is 24.5 Å². The van der Waals surface area contributed by atoms with Gasteiger partial charge in [-0.2, -0.15) is 0 Å². The number of aliphatic hydroxyl groups is 1. The van der Waals surface area contributed by atoms with Crippen LogP contribution in [-0.2, 0) is 0 Å². The van der Waals surface area contributed by atoms with Gasteiger partial charge in [0.25, 0.3) is 5.91 Å². The first kappa shape index (κ1) is 12.8. The van der Waals surface area contributed by atoms with Gasteiger partial charge in [-0.25, -0.2) is 4.98 Å². The Hall–Kier alpha value is -1.62. The van der Waals surface area contributed by atoms with Crippen molar-refractivity contribution in [3.63, 3.8) is 0 Å². The molecule has 0 saturated carbocycles. The Morgan fingerprint density at radius 1 is 1.67 bits per heavy atom. The predicted octanol–water partition coefficient (Wildman–Crippen LogP) is 0.933. The number of aromatic nitrogens is 1. The van der Waals surface area contributed by atoms with E-state index in [1.807, 2.05) is 0 Å². The van der Waals surface area contributed by atoms with Gasteiger partial charge < -0.3 is 14.7 Å². The number of aliphatic hydroxyl groups excluding tert-OH is 1. The second kappa shape index (κ2) is 5.35. The maximum Gasteiger partial charge on any atom is 0.259 e. The van der Waals surface area contributed by atoms with E-state index in [2.05, 4.69) is 4.98 Å². The van der Waals surface area contributed by atoms with Crippen molar-refractivity contribution in [2.75, 3.05) is 20.2 Å². The Morgan fingerprint density at radius 3 is 3.06 bits per heavy atom. The molecule has 1 saturated heterocycles. The Labute approximate surface area is 106 Å². The number of nitrogens with zero attached hydrogens (tertiary/aromatic N) is 2. The SMILES string of the molecule is COc1ncccc1C(=O)N1CCC(C(C)O)C1. The summed E-state index contributed by atoms with van der Waals surface area (Å²) in [4.78, 5) is 18.1. The second-order valence-corrected chi connectivity index (χ2v) is 4.60. The molecule has 1 aromatic rings. The maximum atomic E-state index is 12.3. The molecular weight excluding hydrogens is 232 g/mol. The number of likely N-dealkylation sites (tertiary alicyclic amines) is 1. The number of ether oxygens (including phenoxy) is 1. The van der Waals surface area contributed by atoms with Crippen LogP contribution in [0.4, 0.5) is 0 Å². The Kier molecular flexibility index (Phi) is 3.81. The molecule has 1 aromatic heterocycles. The molecule has 18 heavy (non-hydrogen) atoms. The molecule has 2 atom stereocenters. The van der Waals surface area contributed by atoms with Gasteiger partial charge in [0.15, 0.2) is 0 Å². The van der Waals surface area contributed by atoms with Gasteiger partial charge in [-0.15, -0.1) is 0 Å². The molecule has 0 radical (unpaired) electrons. The topological polar surface area (TPSA) is 62.7 Å². The molecule has 0 aliphatic carbocycles. The quantitative estimate of drug-likeness (QED) is 0.867. The minimum absolute atomic E-state index is 0.0805. The first-order valence-electron chi connectivity index (χ1n) is 6.10. The van der Waals surface area contributed by atoms with Crippen LogP contribution in [0.25, 0.3) is 0 Å². The summed E-state index contributed by atoms with van der Waals surface area (Å²) in [7, 11) is 1.50. The van der Waals surface area contributed by atoms with Gasteiger partial charge in [0.05, 0.1) is 13.2 Å². The minimum atomic E-state index is -0.376. The van der Waals surface area contributed by atoms with E-state index in [0.717, 1.165) is 6.42 Å². The molecule has 0 spiro atoms. The van der Waals surface area contributed by atoms with Crippen LogP contribution in [0, 0.1) is 5.92 Å². The van der Waals surface area contributed by atoms with Gasteiger partial charge in [-0.3, -0.25) is 4.79 Å². The lowest BCUT2D eigenvalue weighted by Gasteiger charge is -2.18. The van der Waals surface area contributed by atoms with Crippen molar-refractivity contribution in [2.45, 2.75) is 19.4 Å². The van der Waals surface area contributed by atoms with Crippen molar-refractivity contribution in [1.82, 2.24) is 9.88 Å². The number of rotatable bonds is 3. The van der Waals surface area contributed by atoms with Crippen LogP contribution in [0.5, 0.6) is 5.88 Å². The summed E-state index contributed by atoms with van der Waals surface area (Å²) in [5.74, 6) is 0.433. The van der Waals surface area contributed by atoms with Gasteiger partial charge >= 0.3 is 0 Å². The Balaban J connectivity index is 2.13. The zero-order chi connectivity index (χ0) is 13.1. The normalized spacial score (nSPS) is 20.8. The monoisotopic (exact) mass is 250 g/mol. The Bertz CT molecular complexity index is 434. The lowest BCUT2D eigenvalue weighted by atomic mass is 10.0. The highest BCUT2D eigenvalue weighted by Crippen LogP contribution is 2.23. The highest BCUT2D eigenvalue weighted by molar-refractivity contribution is 5.96. The third kappa shape index (κ3) is 2.46. The average molecular weight is 250 g/mol. The van der Waals surface area contributed by atoms with E-state index in [4.69, 9.17) is 4.74 Å². The van der Waals surface area contributed by atoms with E-state index in [-0.39, 0.29) is 17.9 Å². The smallest absolute Gasteiger partial charge is 0.259 e. The highest BCUT2D eigenvalue weighted by atomic mass is 16.5. The number of pyridine rings is 1. The molecule has 98 valence electrons. The second-order valence-electron chi connectivity index (χ2n) is 4.60. The molecule has 2 unspecified atom stereocenters. The van der Waals surface area contributed by atoms with Crippen molar-refractivity contribution in [1.29, 1.82) is 0 Å².